The molecule has 7 nitrogen and oxygen atoms in total. The van der Waals surface area contributed by atoms with E-state index in [9.17, 15) is 14.0 Å². The zero-order valence-electron chi connectivity index (χ0n) is 14.0. The van der Waals surface area contributed by atoms with Gasteiger partial charge >= 0.3 is 12.0 Å². The number of hydrogen-bond acceptors (Lipinski definition) is 5. The van der Waals surface area contributed by atoms with Crippen LogP contribution in [-0.2, 0) is 9.53 Å². The normalized spacial score (nSPS) is 13.0. The van der Waals surface area contributed by atoms with Gasteiger partial charge < -0.3 is 24.8 Å². The van der Waals surface area contributed by atoms with E-state index in [0.717, 1.165) is 0 Å². The van der Waals surface area contributed by atoms with Crippen LogP contribution in [-0.4, -0.2) is 25.9 Å². The summed E-state index contributed by atoms with van der Waals surface area (Å²) in [7, 11) is 1.26. The van der Waals surface area contributed by atoms with Crippen LogP contribution < -0.4 is 20.1 Å². The molecule has 0 aromatic heterocycles. The average Bonchev–Trinajstić information content (AvgIpc) is 3.10. The lowest BCUT2D eigenvalue weighted by Gasteiger charge is -2.19. The SMILES string of the molecule is COC(=O)C[C@H](NC(=O)Nc1ccccc1F)c1ccc2c(c1)OCO2. The Balaban J connectivity index is 1.76. The summed E-state index contributed by atoms with van der Waals surface area (Å²) in [6.45, 7) is 0.113. The number of hydrogen-bond donors (Lipinski definition) is 2. The van der Waals surface area contributed by atoms with Crippen molar-refractivity contribution in [3.63, 3.8) is 0 Å². The number of carbonyl (C=O) groups is 2. The van der Waals surface area contributed by atoms with E-state index in [2.05, 4.69) is 15.4 Å². The molecule has 3 rings (SSSR count). The molecule has 0 aliphatic carbocycles. The molecule has 1 heterocycles. The minimum Gasteiger partial charge on any atom is -0.469 e. The van der Waals surface area contributed by atoms with Crippen LogP contribution in [0.1, 0.15) is 18.0 Å². The zero-order chi connectivity index (χ0) is 18.5. The van der Waals surface area contributed by atoms with Gasteiger partial charge in [0.05, 0.1) is 25.3 Å². The van der Waals surface area contributed by atoms with Crippen molar-refractivity contribution in [1.29, 1.82) is 0 Å². The molecule has 0 fully saturated rings. The summed E-state index contributed by atoms with van der Waals surface area (Å²) in [6.07, 6.45) is -0.0964. The summed E-state index contributed by atoms with van der Waals surface area (Å²) in [4.78, 5) is 24.0. The lowest BCUT2D eigenvalue weighted by atomic mass is 10.0. The number of para-hydroxylation sites is 1. The second kappa shape index (κ2) is 7.73. The summed E-state index contributed by atoms with van der Waals surface area (Å²) >= 11 is 0. The number of nitrogens with one attached hydrogen (secondary N) is 2. The molecule has 2 aromatic rings. The van der Waals surface area contributed by atoms with Crippen LogP contribution in [0.15, 0.2) is 42.5 Å². The van der Waals surface area contributed by atoms with E-state index in [0.29, 0.717) is 17.1 Å². The number of rotatable bonds is 5. The maximum atomic E-state index is 13.7. The summed E-state index contributed by atoms with van der Waals surface area (Å²) in [5, 5.41) is 5.07. The Hall–Kier alpha value is -3.29. The molecule has 26 heavy (non-hydrogen) atoms. The van der Waals surface area contributed by atoms with E-state index < -0.39 is 23.9 Å². The number of fused-ring (bicyclic) bond motifs is 1. The quantitative estimate of drug-likeness (QED) is 0.801. The van der Waals surface area contributed by atoms with E-state index in [-0.39, 0.29) is 18.9 Å². The largest absolute Gasteiger partial charge is 0.469 e. The fourth-order valence-electron chi connectivity index (χ4n) is 2.51. The van der Waals surface area contributed by atoms with Gasteiger partial charge in [-0.1, -0.05) is 18.2 Å². The predicted octanol–water partition coefficient (Wildman–Crippen LogP) is 2.98. The van der Waals surface area contributed by atoms with Crippen LogP contribution in [0.25, 0.3) is 0 Å². The molecular formula is C18H17FN2O5. The highest BCUT2D eigenvalue weighted by molar-refractivity contribution is 5.90. The van der Waals surface area contributed by atoms with Crippen molar-refractivity contribution >= 4 is 17.7 Å². The zero-order valence-corrected chi connectivity index (χ0v) is 14.0. The summed E-state index contributed by atoms with van der Waals surface area (Å²) in [5.41, 5.74) is 0.663. The van der Waals surface area contributed by atoms with Crippen molar-refractivity contribution in [3.8, 4) is 11.5 Å². The Morgan fingerprint density at radius 1 is 1.19 bits per heavy atom. The molecule has 2 N–H and O–H groups in total. The topological polar surface area (TPSA) is 85.9 Å². The molecule has 0 radical (unpaired) electrons. The highest BCUT2D eigenvalue weighted by Crippen LogP contribution is 2.35. The van der Waals surface area contributed by atoms with Crippen molar-refractivity contribution in [2.75, 3.05) is 19.2 Å². The first kappa shape index (κ1) is 17.5. The van der Waals surface area contributed by atoms with Crippen LogP contribution in [0, 0.1) is 5.82 Å². The molecule has 0 saturated carbocycles. The predicted molar refractivity (Wildman–Crippen MR) is 90.5 cm³/mol. The molecule has 1 aliphatic heterocycles. The number of amides is 2. The fourth-order valence-corrected chi connectivity index (χ4v) is 2.51. The minimum atomic E-state index is -0.691. The first-order valence-corrected chi connectivity index (χ1v) is 7.85. The number of ether oxygens (including phenoxy) is 3. The van der Waals surface area contributed by atoms with Gasteiger partial charge in [0.25, 0.3) is 0 Å². The highest BCUT2D eigenvalue weighted by atomic mass is 19.1. The number of halogens is 1. The molecular weight excluding hydrogens is 343 g/mol. The monoisotopic (exact) mass is 360 g/mol. The molecule has 1 atom stereocenters. The van der Waals surface area contributed by atoms with E-state index in [1.807, 2.05) is 0 Å². The van der Waals surface area contributed by atoms with Gasteiger partial charge in [-0.3, -0.25) is 4.79 Å². The van der Waals surface area contributed by atoms with Crippen molar-refractivity contribution in [2.24, 2.45) is 0 Å². The molecule has 136 valence electrons. The van der Waals surface area contributed by atoms with Gasteiger partial charge in [-0.05, 0) is 29.8 Å². The molecule has 0 unspecified atom stereocenters. The maximum Gasteiger partial charge on any atom is 0.319 e. The minimum absolute atomic E-state index is 0.0347. The smallest absolute Gasteiger partial charge is 0.319 e. The Bertz CT molecular complexity index is 827. The Morgan fingerprint density at radius 2 is 1.96 bits per heavy atom. The van der Waals surface area contributed by atoms with Crippen LogP contribution >= 0.6 is 0 Å². The number of carbonyl (C=O) groups excluding carboxylic acids is 2. The lowest BCUT2D eigenvalue weighted by molar-refractivity contribution is -0.141. The third kappa shape index (κ3) is 4.02. The first-order chi connectivity index (χ1) is 12.6. The number of methoxy groups -OCH3 is 1. The van der Waals surface area contributed by atoms with E-state index >= 15 is 0 Å². The van der Waals surface area contributed by atoms with Crippen molar-refractivity contribution in [3.05, 3.63) is 53.8 Å². The molecule has 0 saturated heterocycles. The Morgan fingerprint density at radius 3 is 2.73 bits per heavy atom. The Labute approximate surface area is 149 Å². The molecule has 2 amide bonds. The molecule has 0 bridgehead atoms. The van der Waals surface area contributed by atoms with Crippen LogP contribution in [0.4, 0.5) is 14.9 Å². The van der Waals surface area contributed by atoms with Gasteiger partial charge in [0.15, 0.2) is 11.5 Å². The average molecular weight is 360 g/mol. The van der Waals surface area contributed by atoms with Crippen molar-refractivity contribution in [2.45, 2.75) is 12.5 Å². The van der Waals surface area contributed by atoms with Crippen molar-refractivity contribution in [1.82, 2.24) is 5.32 Å². The summed E-state index contributed by atoms with van der Waals surface area (Å²) < 4.78 is 28.9. The van der Waals surface area contributed by atoms with Crippen LogP contribution in [0.3, 0.4) is 0 Å². The second-order valence-electron chi connectivity index (χ2n) is 5.52. The molecule has 8 heteroatoms. The third-order valence-electron chi connectivity index (χ3n) is 3.82. The Kier molecular flexibility index (Phi) is 5.21. The maximum absolute atomic E-state index is 13.7. The van der Waals surface area contributed by atoms with Gasteiger partial charge in [0, 0.05) is 0 Å². The molecule has 1 aliphatic rings. The van der Waals surface area contributed by atoms with Gasteiger partial charge in [0.1, 0.15) is 5.82 Å². The molecule has 2 aromatic carbocycles. The summed E-state index contributed by atoms with van der Waals surface area (Å²) in [5.74, 6) is 0.0455. The van der Waals surface area contributed by atoms with Crippen LogP contribution in [0.5, 0.6) is 11.5 Å². The van der Waals surface area contributed by atoms with Crippen molar-refractivity contribution < 1.29 is 28.2 Å². The fraction of sp³-hybridized carbons (Fsp3) is 0.222. The number of esters is 1. The van der Waals surface area contributed by atoms with E-state index in [4.69, 9.17) is 9.47 Å². The van der Waals surface area contributed by atoms with Crippen LogP contribution in [0.2, 0.25) is 0 Å². The summed E-state index contributed by atoms with van der Waals surface area (Å²) in [6, 6.07) is 9.53. The number of benzene rings is 2. The van der Waals surface area contributed by atoms with E-state index in [1.54, 1.807) is 24.3 Å². The van der Waals surface area contributed by atoms with Gasteiger partial charge in [-0.25, -0.2) is 9.18 Å². The van der Waals surface area contributed by atoms with Gasteiger partial charge in [-0.2, -0.15) is 0 Å². The number of anilines is 1. The van der Waals surface area contributed by atoms with E-state index in [1.165, 1.54) is 25.3 Å². The second-order valence-corrected chi connectivity index (χ2v) is 5.52. The van der Waals surface area contributed by atoms with Gasteiger partial charge in [0.2, 0.25) is 6.79 Å². The highest BCUT2D eigenvalue weighted by Gasteiger charge is 2.22. The van der Waals surface area contributed by atoms with Gasteiger partial charge in [-0.15, -0.1) is 0 Å². The molecule has 0 spiro atoms. The standard InChI is InChI=1S/C18H17FN2O5/c1-24-17(22)9-14(11-6-7-15-16(8-11)26-10-25-15)21-18(23)20-13-5-3-2-4-12(13)19/h2-8,14H,9-10H2,1H3,(H2,20,21,23)/t14-/m0/s1. The first-order valence-electron chi connectivity index (χ1n) is 7.85. The third-order valence-corrected chi connectivity index (χ3v) is 3.82. The lowest BCUT2D eigenvalue weighted by Crippen LogP contribution is -2.34. The number of urea groups is 1.